The number of carboxylic acid groups (broad SMARTS) is 1. The van der Waals surface area contributed by atoms with E-state index in [2.05, 4.69) is 10.3 Å². The largest absolute Gasteiger partial charge is 0.481 e. The average molecular weight is 375 g/mol. The Hall–Kier alpha value is -2.81. The Bertz CT molecular complexity index is 833. The van der Waals surface area contributed by atoms with Crippen LogP contribution in [-0.2, 0) is 9.59 Å². The maximum Gasteiger partial charge on any atom is 0.307 e. The Labute approximate surface area is 153 Å². The SMILES string of the molecule is O=C(O)[C@H]1CCCC[C@H]1C(=O)Nc1nc(-c2ccc([N+](=O)[O-])cc2)cs1. The number of nitrogens with zero attached hydrogens (tertiary/aromatic N) is 2. The van der Waals surface area contributed by atoms with Gasteiger partial charge in [0.25, 0.3) is 5.69 Å². The summed E-state index contributed by atoms with van der Waals surface area (Å²) in [4.78, 5) is 38.4. The number of hydrogen-bond donors (Lipinski definition) is 2. The number of carbonyl (C=O) groups excluding carboxylic acids is 1. The maximum atomic E-state index is 12.5. The predicted molar refractivity (Wildman–Crippen MR) is 95.9 cm³/mol. The van der Waals surface area contributed by atoms with Crippen LogP contribution in [0, 0.1) is 22.0 Å². The lowest BCUT2D eigenvalue weighted by molar-refractivity contribution is -0.384. The van der Waals surface area contributed by atoms with Crippen LogP contribution < -0.4 is 5.32 Å². The Morgan fingerprint density at radius 1 is 1.19 bits per heavy atom. The summed E-state index contributed by atoms with van der Waals surface area (Å²) < 4.78 is 0. The monoisotopic (exact) mass is 375 g/mol. The van der Waals surface area contributed by atoms with Gasteiger partial charge in [-0.05, 0) is 25.0 Å². The molecule has 1 amide bonds. The van der Waals surface area contributed by atoms with E-state index >= 15 is 0 Å². The fourth-order valence-corrected chi connectivity index (χ4v) is 3.88. The molecule has 2 aromatic rings. The highest BCUT2D eigenvalue weighted by atomic mass is 32.1. The third-order valence-corrected chi connectivity index (χ3v) is 5.29. The van der Waals surface area contributed by atoms with Gasteiger partial charge in [-0.3, -0.25) is 19.7 Å². The topological polar surface area (TPSA) is 122 Å². The van der Waals surface area contributed by atoms with E-state index in [0.717, 1.165) is 12.8 Å². The minimum Gasteiger partial charge on any atom is -0.481 e. The molecule has 0 radical (unpaired) electrons. The van der Waals surface area contributed by atoms with Gasteiger partial charge in [-0.25, -0.2) is 4.98 Å². The van der Waals surface area contributed by atoms with E-state index in [1.54, 1.807) is 17.5 Å². The molecule has 26 heavy (non-hydrogen) atoms. The van der Waals surface area contributed by atoms with Gasteiger partial charge in [-0.15, -0.1) is 11.3 Å². The van der Waals surface area contributed by atoms with E-state index in [9.17, 15) is 24.8 Å². The third kappa shape index (κ3) is 3.88. The molecule has 1 saturated carbocycles. The molecular formula is C17H17N3O5S. The van der Waals surface area contributed by atoms with Crippen LogP contribution in [0.2, 0.25) is 0 Å². The number of aromatic nitrogens is 1. The van der Waals surface area contributed by atoms with Gasteiger partial charge in [0.2, 0.25) is 5.91 Å². The highest BCUT2D eigenvalue weighted by Crippen LogP contribution is 2.32. The number of hydrogen-bond acceptors (Lipinski definition) is 6. The number of nitro groups is 1. The number of carboxylic acids is 1. The molecule has 3 rings (SSSR count). The normalized spacial score (nSPS) is 19.7. The van der Waals surface area contributed by atoms with Crippen LogP contribution in [0.15, 0.2) is 29.6 Å². The summed E-state index contributed by atoms with van der Waals surface area (Å²) in [6.07, 6.45) is 2.73. The standard InChI is InChI=1S/C17H17N3O5S/c21-15(12-3-1-2-4-13(12)16(22)23)19-17-18-14(9-26-17)10-5-7-11(8-6-10)20(24)25/h5-9,12-13H,1-4H2,(H,22,23)(H,18,19,21)/t12-,13+/m1/s1. The molecule has 9 heteroatoms. The summed E-state index contributed by atoms with van der Waals surface area (Å²) >= 11 is 1.23. The molecule has 1 heterocycles. The number of rotatable bonds is 5. The van der Waals surface area contributed by atoms with Gasteiger partial charge >= 0.3 is 5.97 Å². The number of non-ortho nitro benzene ring substituents is 1. The van der Waals surface area contributed by atoms with Crippen molar-refractivity contribution in [3.63, 3.8) is 0 Å². The fourth-order valence-electron chi connectivity index (χ4n) is 3.16. The second-order valence-electron chi connectivity index (χ2n) is 6.17. The van der Waals surface area contributed by atoms with Crippen LogP contribution >= 0.6 is 11.3 Å². The fraction of sp³-hybridized carbons (Fsp3) is 0.353. The number of amides is 1. The zero-order valence-corrected chi connectivity index (χ0v) is 14.6. The quantitative estimate of drug-likeness (QED) is 0.609. The first-order chi connectivity index (χ1) is 12.5. The maximum absolute atomic E-state index is 12.5. The van der Waals surface area contributed by atoms with Gasteiger partial charge in [-0.1, -0.05) is 12.8 Å². The molecule has 8 nitrogen and oxygen atoms in total. The number of nitro benzene ring substituents is 1. The van der Waals surface area contributed by atoms with Gasteiger partial charge in [0.15, 0.2) is 5.13 Å². The second-order valence-corrected chi connectivity index (χ2v) is 7.02. The minimum absolute atomic E-state index is 0.00508. The van der Waals surface area contributed by atoms with Crippen molar-refractivity contribution in [3.8, 4) is 11.3 Å². The molecule has 1 aromatic heterocycles. The molecule has 0 unspecified atom stereocenters. The van der Waals surface area contributed by atoms with Crippen molar-refractivity contribution >= 4 is 34.0 Å². The number of carbonyl (C=O) groups is 2. The Balaban J connectivity index is 1.70. The molecule has 136 valence electrons. The van der Waals surface area contributed by atoms with E-state index in [0.29, 0.717) is 29.2 Å². The molecule has 2 atom stereocenters. The molecule has 0 bridgehead atoms. The lowest BCUT2D eigenvalue weighted by Gasteiger charge is -2.26. The Morgan fingerprint density at radius 2 is 1.85 bits per heavy atom. The van der Waals surface area contributed by atoms with E-state index in [4.69, 9.17) is 0 Å². The van der Waals surface area contributed by atoms with Gasteiger partial charge in [0, 0.05) is 23.1 Å². The number of aliphatic carboxylic acids is 1. The van der Waals surface area contributed by atoms with Gasteiger partial charge in [-0.2, -0.15) is 0 Å². The van der Waals surface area contributed by atoms with E-state index in [1.165, 1.54) is 23.5 Å². The number of benzene rings is 1. The summed E-state index contributed by atoms with van der Waals surface area (Å²) in [5.41, 5.74) is 1.29. The van der Waals surface area contributed by atoms with Gasteiger partial charge in [0.1, 0.15) is 0 Å². The highest BCUT2D eigenvalue weighted by Gasteiger charge is 2.35. The van der Waals surface area contributed by atoms with Gasteiger partial charge in [0.05, 0.1) is 22.5 Å². The number of nitrogens with one attached hydrogen (secondary N) is 1. The number of thiazole rings is 1. The third-order valence-electron chi connectivity index (χ3n) is 4.53. The van der Waals surface area contributed by atoms with Crippen molar-refractivity contribution in [1.82, 2.24) is 4.98 Å². The summed E-state index contributed by atoms with van der Waals surface area (Å²) in [5.74, 6) is -2.46. The summed E-state index contributed by atoms with van der Waals surface area (Å²) in [6.45, 7) is 0. The summed E-state index contributed by atoms with van der Waals surface area (Å²) in [5, 5.41) is 24.8. The smallest absolute Gasteiger partial charge is 0.307 e. The molecule has 0 spiro atoms. The van der Waals surface area contributed by atoms with Crippen molar-refractivity contribution in [3.05, 3.63) is 39.8 Å². The lowest BCUT2D eigenvalue weighted by atomic mass is 9.79. The van der Waals surface area contributed by atoms with Crippen LogP contribution in [0.4, 0.5) is 10.8 Å². The molecule has 2 N–H and O–H groups in total. The van der Waals surface area contributed by atoms with Gasteiger partial charge < -0.3 is 10.4 Å². The molecule has 0 saturated heterocycles. The van der Waals surface area contributed by atoms with Crippen molar-refractivity contribution in [1.29, 1.82) is 0 Å². The zero-order valence-electron chi connectivity index (χ0n) is 13.8. The molecule has 1 aromatic carbocycles. The van der Waals surface area contributed by atoms with Crippen LogP contribution in [0.3, 0.4) is 0 Å². The van der Waals surface area contributed by atoms with Crippen LogP contribution in [0.5, 0.6) is 0 Å². The molecular weight excluding hydrogens is 358 g/mol. The molecule has 1 aliphatic rings. The average Bonchev–Trinajstić information content (AvgIpc) is 3.10. The second kappa shape index (κ2) is 7.61. The van der Waals surface area contributed by atoms with Crippen molar-refractivity contribution in [2.45, 2.75) is 25.7 Å². The Morgan fingerprint density at radius 3 is 2.46 bits per heavy atom. The predicted octanol–water partition coefficient (Wildman–Crippen LogP) is 3.55. The minimum atomic E-state index is -0.935. The van der Waals surface area contributed by atoms with E-state index < -0.39 is 22.7 Å². The van der Waals surface area contributed by atoms with Crippen molar-refractivity contribution in [2.75, 3.05) is 5.32 Å². The van der Waals surface area contributed by atoms with Crippen LogP contribution in [0.1, 0.15) is 25.7 Å². The van der Waals surface area contributed by atoms with Crippen LogP contribution in [0.25, 0.3) is 11.3 Å². The highest BCUT2D eigenvalue weighted by molar-refractivity contribution is 7.14. The summed E-state index contributed by atoms with van der Waals surface area (Å²) in [6, 6.07) is 5.99. The van der Waals surface area contributed by atoms with Crippen LogP contribution in [-0.4, -0.2) is 26.9 Å². The van der Waals surface area contributed by atoms with E-state index in [-0.39, 0.29) is 11.6 Å². The first-order valence-corrected chi connectivity index (χ1v) is 9.07. The Kier molecular flexibility index (Phi) is 5.27. The zero-order chi connectivity index (χ0) is 18.7. The number of anilines is 1. The molecule has 0 aliphatic heterocycles. The van der Waals surface area contributed by atoms with E-state index in [1.807, 2.05) is 0 Å². The first kappa shape index (κ1) is 18.0. The van der Waals surface area contributed by atoms with Crippen molar-refractivity contribution < 1.29 is 19.6 Å². The molecule has 1 aliphatic carbocycles. The summed E-state index contributed by atoms with van der Waals surface area (Å²) in [7, 11) is 0. The van der Waals surface area contributed by atoms with Crippen molar-refractivity contribution in [2.24, 2.45) is 11.8 Å². The first-order valence-electron chi connectivity index (χ1n) is 8.19. The lowest BCUT2D eigenvalue weighted by Crippen LogP contribution is -2.36. The molecule has 1 fully saturated rings.